The first kappa shape index (κ1) is 20.7. The van der Waals surface area contributed by atoms with Crippen molar-refractivity contribution in [3.63, 3.8) is 0 Å². The zero-order valence-electron chi connectivity index (χ0n) is 16.7. The Balaban J connectivity index is 1.63. The molecule has 1 aromatic heterocycles. The average molecular weight is 409 g/mol. The second-order valence-corrected chi connectivity index (χ2v) is 7.08. The van der Waals surface area contributed by atoms with Gasteiger partial charge in [0.25, 0.3) is 0 Å². The van der Waals surface area contributed by atoms with E-state index in [1.54, 1.807) is 18.3 Å². The molecule has 0 fully saturated rings. The molecule has 0 unspecified atom stereocenters. The van der Waals surface area contributed by atoms with E-state index in [0.29, 0.717) is 11.7 Å². The fraction of sp³-hybridized carbons (Fsp3) is 0.217. The largest absolute Gasteiger partial charge is 0.342 e. The smallest absolute Gasteiger partial charge is 0.191 e. The molecule has 0 radical (unpaired) electrons. The van der Waals surface area contributed by atoms with Gasteiger partial charge in [0.1, 0.15) is 5.82 Å². The number of aromatic nitrogens is 1. The van der Waals surface area contributed by atoms with Crippen molar-refractivity contribution in [3.05, 3.63) is 89.0 Å². The Morgan fingerprint density at radius 2 is 1.72 bits per heavy atom. The van der Waals surface area contributed by atoms with Crippen molar-refractivity contribution in [1.29, 1.82) is 0 Å². The molecule has 6 heteroatoms. The standard InChI is InChI=1S/C23H25FN4S/c1-3-18-7-5-8-19(4-2)22(18)26-23(29)27-25-15-21-9-6-14-28(21)16-17-10-12-20(24)13-11-17/h5-15H,3-4,16H2,1-2H3,(H2,26,27,29). The number of hydrogen-bond acceptors (Lipinski definition) is 2. The molecule has 0 atom stereocenters. The third kappa shape index (κ3) is 5.51. The molecule has 4 nitrogen and oxygen atoms in total. The number of para-hydroxylation sites is 1. The molecular weight excluding hydrogens is 383 g/mol. The van der Waals surface area contributed by atoms with E-state index in [9.17, 15) is 4.39 Å². The van der Waals surface area contributed by atoms with E-state index in [2.05, 4.69) is 47.9 Å². The van der Waals surface area contributed by atoms with E-state index in [4.69, 9.17) is 12.2 Å². The molecule has 2 N–H and O–H groups in total. The third-order valence-corrected chi connectivity index (χ3v) is 4.92. The van der Waals surface area contributed by atoms with Gasteiger partial charge in [0.15, 0.2) is 5.11 Å². The molecule has 0 aliphatic carbocycles. The monoisotopic (exact) mass is 408 g/mol. The van der Waals surface area contributed by atoms with Crippen LogP contribution in [0.1, 0.15) is 36.2 Å². The molecule has 0 spiro atoms. The van der Waals surface area contributed by atoms with Gasteiger partial charge in [0.05, 0.1) is 11.9 Å². The second-order valence-electron chi connectivity index (χ2n) is 6.67. The van der Waals surface area contributed by atoms with E-state index < -0.39 is 0 Å². The summed E-state index contributed by atoms with van der Waals surface area (Å²) in [4.78, 5) is 0. The van der Waals surface area contributed by atoms with Gasteiger partial charge in [0, 0.05) is 18.4 Å². The number of hydrogen-bond donors (Lipinski definition) is 2. The summed E-state index contributed by atoms with van der Waals surface area (Å²) in [6, 6.07) is 16.7. The molecule has 0 bridgehead atoms. The average Bonchev–Trinajstić information content (AvgIpc) is 3.16. The van der Waals surface area contributed by atoms with Gasteiger partial charge in [-0.05, 0) is 66.0 Å². The summed E-state index contributed by atoms with van der Waals surface area (Å²) in [6.07, 6.45) is 5.55. The molecule has 0 aliphatic heterocycles. The first-order chi connectivity index (χ1) is 14.1. The zero-order chi connectivity index (χ0) is 20.6. The summed E-state index contributed by atoms with van der Waals surface area (Å²) in [6.45, 7) is 4.90. The number of nitrogens with zero attached hydrogens (tertiary/aromatic N) is 2. The Labute approximate surface area is 176 Å². The lowest BCUT2D eigenvalue weighted by atomic mass is 10.0. The highest BCUT2D eigenvalue weighted by atomic mass is 32.1. The SMILES string of the molecule is CCc1cccc(CC)c1NC(=S)NN=Cc1cccn1Cc1ccc(F)cc1. The van der Waals surface area contributed by atoms with Crippen LogP contribution in [0.25, 0.3) is 0 Å². The minimum absolute atomic E-state index is 0.232. The minimum atomic E-state index is -0.232. The Morgan fingerprint density at radius 1 is 1.03 bits per heavy atom. The van der Waals surface area contributed by atoms with Gasteiger partial charge in [-0.15, -0.1) is 0 Å². The van der Waals surface area contributed by atoms with Crippen LogP contribution in [0.5, 0.6) is 0 Å². The third-order valence-electron chi connectivity index (χ3n) is 4.73. The Morgan fingerprint density at radius 3 is 2.38 bits per heavy atom. The predicted molar refractivity (Wildman–Crippen MR) is 122 cm³/mol. The molecule has 0 saturated carbocycles. The maximum atomic E-state index is 13.1. The summed E-state index contributed by atoms with van der Waals surface area (Å²) in [7, 11) is 0. The lowest BCUT2D eigenvalue weighted by molar-refractivity contribution is 0.626. The molecule has 150 valence electrons. The van der Waals surface area contributed by atoms with E-state index in [1.165, 1.54) is 23.3 Å². The van der Waals surface area contributed by atoms with Crippen molar-refractivity contribution < 1.29 is 4.39 Å². The summed E-state index contributed by atoms with van der Waals surface area (Å²) in [5, 5.41) is 8.02. The maximum Gasteiger partial charge on any atom is 0.191 e. The number of anilines is 1. The van der Waals surface area contributed by atoms with Crippen molar-refractivity contribution in [2.75, 3.05) is 5.32 Å². The number of thiocarbonyl (C=S) groups is 1. The van der Waals surface area contributed by atoms with Crippen molar-refractivity contribution in [2.24, 2.45) is 5.10 Å². The first-order valence-corrected chi connectivity index (χ1v) is 10.1. The van der Waals surface area contributed by atoms with Crippen LogP contribution in [0, 0.1) is 5.82 Å². The van der Waals surface area contributed by atoms with Crippen LogP contribution in [0.4, 0.5) is 10.1 Å². The maximum absolute atomic E-state index is 13.1. The number of benzene rings is 2. The van der Waals surface area contributed by atoms with E-state index in [0.717, 1.165) is 29.8 Å². The molecule has 0 aliphatic rings. The number of rotatable bonds is 7. The van der Waals surface area contributed by atoms with Crippen LogP contribution in [-0.4, -0.2) is 15.9 Å². The molecule has 29 heavy (non-hydrogen) atoms. The van der Waals surface area contributed by atoms with Crippen LogP contribution in [-0.2, 0) is 19.4 Å². The van der Waals surface area contributed by atoms with Gasteiger partial charge < -0.3 is 9.88 Å². The molecule has 3 rings (SSSR count). The lowest BCUT2D eigenvalue weighted by Crippen LogP contribution is -2.25. The fourth-order valence-electron chi connectivity index (χ4n) is 3.18. The predicted octanol–water partition coefficient (Wildman–Crippen LogP) is 5.12. The van der Waals surface area contributed by atoms with E-state index >= 15 is 0 Å². The summed E-state index contributed by atoms with van der Waals surface area (Å²) >= 11 is 5.42. The second kappa shape index (κ2) is 9.98. The van der Waals surface area contributed by atoms with Crippen molar-refractivity contribution in [1.82, 2.24) is 9.99 Å². The van der Waals surface area contributed by atoms with Crippen LogP contribution in [0.15, 0.2) is 65.9 Å². The van der Waals surface area contributed by atoms with Gasteiger partial charge >= 0.3 is 0 Å². The normalized spacial score (nSPS) is 11.0. The van der Waals surface area contributed by atoms with Crippen molar-refractivity contribution in [2.45, 2.75) is 33.2 Å². The van der Waals surface area contributed by atoms with Gasteiger partial charge in [-0.25, -0.2) is 4.39 Å². The fourth-order valence-corrected chi connectivity index (χ4v) is 3.33. The van der Waals surface area contributed by atoms with Crippen LogP contribution < -0.4 is 10.7 Å². The molecule has 3 aromatic rings. The van der Waals surface area contributed by atoms with Gasteiger partial charge in [-0.1, -0.05) is 44.2 Å². The number of halogens is 1. The highest BCUT2D eigenvalue weighted by Crippen LogP contribution is 2.22. The van der Waals surface area contributed by atoms with Crippen LogP contribution >= 0.6 is 12.2 Å². The topological polar surface area (TPSA) is 41.4 Å². The minimum Gasteiger partial charge on any atom is -0.342 e. The molecule has 1 heterocycles. The number of hydrazone groups is 1. The van der Waals surface area contributed by atoms with Crippen molar-refractivity contribution >= 4 is 29.2 Å². The van der Waals surface area contributed by atoms with Gasteiger partial charge in [-0.3, -0.25) is 5.43 Å². The quantitative estimate of drug-likeness (QED) is 0.324. The number of aryl methyl sites for hydroxylation is 2. The van der Waals surface area contributed by atoms with E-state index in [-0.39, 0.29) is 5.82 Å². The van der Waals surface area contributed by atoms with Crippen LogP contribution in [0.2, 0.25) is 0 Å². The highest BCUT2D eigenvalue weighted by Gasteiger charge is 2.07. The molecule has 0 saturated heterocycles. The Hall–Kier alpha value is -2.99. The van der Waals surface area contributed by atoms with Gasteiger partial charge in [0.2, 0.25) is 0 Å². The molecule has 2 aromatic carbocycles. The van der Waals surface area contributed by atoms with Crippen LogP contribution in [0.3, 0.4) is 0 Å². The number of nitrogens with one attached hydrogen (secondary N) is 2. The Bertz CT molecular complexity index is 970. The Kier molecular flexibility index (Phi) is 7.14. The highest BCUT2D eigenvalue weighted by molar-refractivity contribution is 7.80. The van der Waals surface area contributed by atoms with Crippen molar-refractivity contribution in [3.8, 4) is 0 Å². The van der Waals surface area contributed by atoms with Gasteiger partial charge in [-0.2, -0.15) is 5.10 Å². The zero-order valence-corrected chi connectivity index (χ0v) is 17.5. The molecular formula is C23H25FN4S. The lowest BCUT2D eigenvalue weighted by Gasteiger charge is -2.15. The summed E-state index contributed by atoms with van der Waals surface area (Å²) in [5.74, 6) is -0.232. The van der Waals surface area contributed by atoms with E-state index in [1.807, 2.05) is 22.9 Å². The molecule has 0 amide bonds. The summed E-state index contributed by atoms with van der Waals surface area (Å²) < 4.78 is 15.1. The summed E-state index contributed by atoms with van der Waals surface area (Å²) in [5.41, 5.74) is 8.36. The first-order valence-electron chi connectivity index (χ1n) is 9.71.